The maximum atomic E-state index is 14.5. The fourth-order valence-corrected chi connectivity index (χ4v) is 13.6. The average molecular weight is 1640 g/mol. The van der Waals surface area contributed by atoms with Gasteiger partial charge in [-0.05, 0) is 79.6 Å². The molecule has 30 nitrogen and oxygen atoms in total. The molecule has 8 N–H and O–H groups in total. The Kier molecular flexibility index (Phi) is 24.5. The summed E-state index contributed by atoms with van der Waals surface area (Å²) in [6, 6.07) is 24.0. The fraction of sp³-hybridized carbons (Fsp3) is 0.228. The summed E-state index contributed by atoms with van der Waals surface area (Å²) >= 11 is 9.53. The summed E-state index contributed by atoms with van der Waals surface area (Å²) in [4.78, 5) is 87.9. The van der Waals surface area contributed by atoms with E-state index in [9.17, 15) is 40.7 Å². The number of hydrogen-bond donors (Lipinski definition) is 7. The number of alkyl halides is 2. The van der Waals surface area contributed by atoms with Crippen LogP contribution in [0.3, 0.4) is 0 Å². The van der Waals surface area contributed by atoms with Crippen molar-refractivity contribution in [3.63, 3.8) is 0 Å². The third-order valence-electron chi connectivity index (χ3n) is 18.9. The lowest BCUT2D eigenvalue weighted by molar-refractivity contribution is 0.198. The zero-order valence-corrected chi connectivity index (χ0v) is 62.5. The molecular weight excluding hydrogens is 1570 g/mol. The molecule has 4 aliphatic heterocycles. The second-order valence-electron chi connectivity index (χ2n) is 25.9. The highest BCUT2D eigenvalue weighted by atomic mass is 35.5. The SMILES string of the molecule is C.C1CCOC1.ClCCl.[C-]#[N+]c1ccc(N)c(Nc2ncc3[nH]c(=O)n(C4CCOc5c(F)cc(F)cc54)c3n2)c1.[C-]#[N+]c1ccc(NCc2ccc(OC)cc2OC)c(Nc2ncc3[nH]c(=O)n(C4CCOc5c(F)cc(F)cc54)c3n2)c1.[C-]#[N+]c1ccc2ncn(-c3ncc4[nH]c(=O)n(C5CCOc6c(F)cc(F)cc65)c4n3)c2c1. The van der Waals surface area contributed by atoms with Gasteiger partial charge in [-0.15, -0.1) is 23.2 Å². The first-order chi connectivity index (χ1) is 56.3. The van der Waals surface area contributed by atoms with Crippen LogP contribution in [0.25, 0.3) is 65.0 Å². The van der Waals surface area contributed by atoms with Gasteiger partial charge in [0.05, 0.1) is 130 Å². The molecule has 0 aliphatic carbocycles. The molecule has 117 heavy (non-hydrogen) atoms. The molecule has 0 amide bonds. The van der Waals surface area contributed by atoms with E-state index < -0.39 is 70.1 Å². The Balaban J connectivity index is 0.000000146. The Morgan fingerprint density at radius 3 is 1.46 bits per heavy atom. The van der Waals surface area contributed by atoms with Gasteiger partial charge in [0.2, 0.25) is 17.8 Å². The summed E-state index contributed by atoms with van der Waals surface area (Å²) in [6.45, 7) is 24.7. The van der Waals surface area contributed by atoms with E-state index in [4.69, 9.17) is 77.1 Å². The number of nitrogen functional groups attached to an aromatic ring is 1. The average Bonchev–Trinajstić information content (AvgIpc) is 1.64. The van der Waals surface area contributed by atoms with Crippen LogP contribution in [0, 0.1) is 54.6 Å². The summed E-state index contributed by atoms with van der Waals surface area (Å²) in [7, 11) is 3.16. The molecular formula is C79H67Cl2F6N21O9. The molecule has 1 fully saturated rings. The molecule has 3 unspecified atom stereocenters. The summed E-state index contributed by atoms with van der Waals surface area (Å²) in [5.74, 6) is -3.21. The van der Waals surface area contributed by atoms with Gasteiger partial charge in [-0.3, -0.25) is 18.3 Å². The van der Waals surface area contributed by atoms with Gasteiger partial charge in [-0.25, -0.2) is 75.2 Å². The van der Waals surface area contributed by atoms with Gasteiger partial charge in [0.1, 0.15) is 51.8 Å². The maximum absolute atomic E-state index is 14.5. The zero-order chi connectivity index (χ0) is 81.4. The molecule has 598 valence electrons. The van der Waals surface area contributed by atoms with E-state index in [1.54, 1.807) is 79.5 Å². The van der Waals surface area contributed by atoms with Crippen molar-refractivity contribution < 1.29 is 54.8 Å². The number of aromatic amines is 3. The smallest absolute Gasteiger partial charge is 0.328 e. The number of H-pyrrole nitrogens is 3. The predicted octanol–water partition coefficient (Wildman–Crippen LogP) is 15.9. The number of ether oxygens (including phenoxy) is 6. The van der Waals surface area contributed by atoms with Crippen molar-refractivity contribution in [3.8, 4) is 34.7 Å². The van der Waals surface area contributed by atoms with E-state index in [-0.39, 0.29) is 101 Å². The summed E-state index contributed by atoms with van der Waals surface area (Å²) < 4.78 is 123. The minimum Gasteiger partial charge on any atom is -0.497 e. The van der Waals surface area contributed by atoms with Crippen LogP contribution in [0.5, 0.6) is 28.7 Å². The van der Waals surface area contributed by atoms with E-state index >= 15 is 0 Å². The van der Waals surface area contributed by atoms with Crippen LogP contribution in [0.2, 0.25) is 0 Å². The van der Waals surface area contributed by atoms with Crippen molar-refractivity contribution >= 4 is 119 Å². The van der Waals surface area contributed by atoms with Gasteiger partial charge >= 0.3 is 17.1 Å². The van der Waals surface area contributed by atoms with Gasteiger partial charge in [0.25, 0.3) is 0 Å². The number of nitrogens with two attached hydrogens (primary N) is 1. The molecule has 1 saturated heterocycles. The minimum atomic E-state index is -0.837. The molecule has 11 heterocycles. The van der Waals surface area contributed by atoms with Gasteiger partial charge in [-0.1, -0.05) is 25.6 Å². The highest BCUT2D eigenvalue weighted by molar-refractivity contribution is 6.40. The Bertz CT molecular complexity index is 6420. The predicted molar refractivity (Wildman–Crippen MR) is 426 cm³/mol. The van der Waals surface area contributed by atoms with Gasteiger partial charge in [0.15, 0.2) is 68.7 Å². The Hall–Kier alpha value is -14.2. The highest BCUT2D eigenvalue weighted by Crippen LogP contribution is 2.42. The third kappa shape index (κ3) is 17.1. The van der Waals surface area contributed by atoms with E-state index in [1.165, 1.54) is 63.6 Å². The molecule has 0 spiro atoms. The number of rotatable bonds is 13. The van der Waals surface area contributed by atoms with Crippen molar-refractivity contribution in [1.29, 1.82) is 0 Å². The number of methoxy groups -OCH3 is 2. The first kappa shape index (κ1) is 80.9. The number of anilines is 6. The molecule has 3 atom stereocenters. The van der Waals surface area contributed by atoms with E-state index in [0.717, 1.165) is 43.0 Å². The number of nitrogens with zero attached hydrogens (tertiary/aromatic N) is 14. The normalized spacial score (nSPS) is 14.8. The van der Waals surface area contributed by atoms with Crippen molar-refractivity contribution in [2.24, 2.45) is 0 Å². The lowest BCUT2D eigenvalue weighted by Crippen LogP contribution is -2.28. The van der Waals surface area contributed by atoms with Crippen molar-refractivity contribution in [2.75, 3.05) is 74.3 Å². The van der Waals surface area contributed by atoms with Crippen LogP contribution in [0.15, 0.2) is 148 Å². The second kappa shape index (κ2) is 35.5. The largest absolute Gasteiger partial charge is 0.497 e. The van der Waals surface area contributed by atoms with Crippen LogP contribution >= 0.6 is 23.2 Å². The lowest BCUT2D eigenvalue weighted by Gasteiger charge is -2.27. The van der Waals surface area contributed by atoms with E-state index in [0.29, 0.717) is 105 Å². The minimum absolute atomic E-state index is 0. The van der Waals surface area contributed by atoms with Crippen LogP contribution in [-0.2, 0) is 11.3 Å². The first-order valence-electron chi connectivity index (χ1n) is 35.4. The van der Waals surface area contributed by atoms with Crippen LogP contribution in [0.1, 0.15) is 79.9 Å². The topological polar surface area (TPSA) is 339 Å². The number of aromatic nitrogens is 14. The number of hydrogen-bond acceptors (Lipinski definition) is 20. The molecule has 0 radical (unpaired) electrons. The molecule has 18 rings (SSSR count). The van der Waals surface area contributed by atoms with Gasteiger partial charge in [0, 0.05) is 85.5 Å². The molecule has 38 heteroatoms. The molecule has 7 aromatic carbocycles. The molecule has 7 aromatic heterocycles. The molecule has 14 aromatic rings. The van der Waals surface area contributed by atoms with Crippen molar-refractivity contribution in [2.45, 2.75) is 64.2 Å². The second-order valence-corrected chi connectivity index (χ2v) is 26.7. The van der Waals surface area contributed by atoms with Gasteiger partial charge in [-0.2, -0.15) is 15.0 Å². The highest BCUT2D eigenvalue weighted by Gasteiger charge is 2.34. The Labute approximate surface area is 669 Å². The maximum Gasteiger partial charge on any atom is 0.328 e. The number of imidazole rings is 4. The molecule has 0 saturated carbocycles. The Morgan fingerprint density at radius 1 is 0.538 bits per heavy atom. The standard InChI is InChI=1S/C30H25F2N7O4.C22H13F2N7O2.C21H15F2N7O2.C4H8O.CH2Cl2.CH4/c1-33-18-5-7-22(34-14-16-4-6-19(41-2)13-26(16)42-3)23(12-18)36-29-35-15-24-28(38-29)39(30(40)37-24)25-8-9-43-27-20(25)10-17(31)11-21(27)32;1-25-12-2-3-15-18(8-12)30(10-27-15)21-26-9-16-20(29-21)31(22(32)28-16)17-4-5-33-19-13(17)6-11(23)7-14(19)24;1-25-11-2-3-14(24)15(8-11)27-20-26-9-16-19(29-20)30(21(31)28-16)17-4-5-32-18-12(17)6-10(22)7-13(18)23;1-2-4-5-3-1;2-1-3;/h4-7,10-13,15,25,34H,8-9,14H2,2-3H3,(H,37,40)(H,35,36,38);2-3,6-10,17H,4-5H2,(H,28,32);2-3,6-9,17H,4-5,24H2,(H,28,31)(H,26,27,29);1-4H2;1H2;1H4. The number of fused-ring (bicyclic) bond motifs is 7. The van der Waals surface area contributed by atoms with E-state index in [1.807, 2.05) is 12.1 Å². The van der Waals surface area contributed by atoms with Crippen molar-refractivity contribution in [3.05, 3.63) is 257 Å². The first-order valence-corrected chi connectivity index (χ1v) is 36.4. The summed E-state index contributed by atoms with van der Waals surface area (Å²) in [6.07, 6.45) is 9.36. The third-order valence-corrected chi connectivity index (χ3v) is 18.9. The monoisotopic (exact) mass is 1640 g/mol. The number of halogens is 8. The molecule has 0 bridgehead atoms. The fourth-order valence-electron chi connectivity index (χ4n) is 13.6. The summed E-state index contributed by atoms with van der Waals surface area (Å²) in [5, 5.41) is 9.64. The zero-order valence-electron chi connectivity index (χ0n) is 61.0. The van der Waals surface area contributed by atoms with E-state index in [2.05, 4.69) is 80.3 Å². The number of benzene rings is 7. The van der Waals surface area contributed by atoms with Crippen molar-refractivity contribution in [1.82, 2.24) is 68.1 Å². The van der Waals surface area contributed by atoms with Crippen LogP contribution < -0.4 is 62.4 Å². The van der Waals surface area contributed by atoms with Gasteiger partial charge < -0.3 is 65.1 Å². The number of nitrogens with one attached hydrogen (secondary N) is 6. The Morgan fingerprint density at radius 2 is 0.991 bits per heavy atom. The van der Waals surface area contributed by atoms with Crippen LogP contribution in [0.4, 0.5) is 78.1 Å². The molecule has 4 aliphatic rings. The quantitative estimate of drug-likeness (QED) is 0.0244. The van der Waals surface area contributed by atoms with Crippen LogP contribution in [-0.4, -0.2) is 121 Å². The summed E-state index contributed by atoms with van der Waals surface area (Å²) in [5.41, 5.74) is 12.4. The lowest BCUT2D eigenvalue weighted by atomic mass is 10.00.